The van der Waals surface area contributed by atoms with E-state index in [4.69, 9.17) is 27.9 Å². The highest BCUT2D eigenvalue weighted by Gasteiger charge is 2.16. The fourth-order valence-corrected chi connectivity index (χ4v) is 2.08. The van der Waals surface area contributed by atoms with Gasteiger partial charge in [-0.25, -0.2) is 4.99 Å². The minimum Gasteiger partial charge on any atom is -0.454 e. The number of halogens is 2. The first-order valence-electron chi connectivity index (χ1n) is 5.05. The topological polar surface area (TPSA) is 21.6 Å². The van der Waals surface area contributed by atoms with E-state index in [1.807, 2.05) is 24.3 Å². The number of para-hydroxylation sites is 2. The van der Waals surface area contributed by atoms with Crippen LogP contribution in [0.3, 0.4) is 0 Å². The van der Waals surface area contributed by atoms with E-state index in [0.717, 1.165) is 0 Å². The summed E-state index contributed by atoms with van der Waals surface area (Å²) in [4.78, 5) is 4.32. The molecule has 0 spiro atoms. The van der Waals surface area contributed by atoms with E-state index in [2.05, 4.69) is 4.99 Å². The maximum atomic E-state index is 6.16. The number of benzene rings is 2. The highest BCUT2D eigenvalue weighted by Crippen LogP contribution is 2.38. The first kappa shape index (κ1) is 10.6. The molecule has 0 fully saturated rings. The molecule has 2 aromatic rings. The van der Waals surface area contributed by atoms with Gasteiger partial charge in [-0.2, -0.15) is 0 Å². The van der Waals surface area contributed by atoms with Gasteiger partial charge in [0.2, 0.25) is 0 Å². The summed E-state index contributed by atoms with van der Waals surface area (Å²) in [5.41, 5.74) is 1.42. The van der Waals surface area contributed by atoms with Crippen LogP contribution in [0.5, 0.6) is 11.5 Å². The molecule has 1 heterocycles. The van der Waals surface area contributed by atoms with Crippen molar-refractivity contribution in [3.05, 3.63) is 53.1 Å². The van der Waals surface area contributed by atoms with Gasteiger partial charge in [0.05, 0.1) is 5.56 Å². The van der Waals surface area contributed by atoms with Crippen LogP contribution in [0.4, 0.5) is 5.69 Å². The van der Waals surface area contributed by atoms with Gasteiger partial charge in [-0.1, -0.05) is 35.3 Å². The lowest BCUT2D eigenvalue weighted by molar-refractivity contribution is 0.485. The first-order chi connectivity index (χ1) is 8.24. The molecule has 0 saturated heterocycles. The molecular weight excluding hydrogens is 257 g/mol. The SMILES string of the molecule is ClC1=Nc2ccccc2Oc2ccc(Cl)cc21. The van der Waals surface area contributed by atoms with Crippen LogP contribution in [0.25, 0.3) is 0 Å². The summed E-state index contributed by atoms with van der Waals surface area (Å²) < 4.78 is 5.77. The number of hydrogen-bond donors (Lipinski definition) is 0. The van der Waals surface area contributed by atoms with Gasteiger partial charge in [0.15, 0.2) is 5.75 Å². The van der Waals surface area contributed by atoms with Crippen molar-refractivity contribution in [1.82, 2.24) is 0 Å². The van der Waals surface area contributed by atoms with Crippen LogP contribution in [0.1, 0.15) is 5.56 Å². The van der Waals surface area contributed by atoms with Crippen LogP contribution in [0.2, 0.25) is 5.02 Å². The molecule has 3 rings (SSSR count). The largest absolute Gasteiger partial charge is 0.454 e. The molecule has 84 valence electrons. The molecular formula is C13H7Cl2NO. The summed E-state index contributed by atoms with van der Waals surface area (Å²) in [5.74, 6) is 1.35. The van der Waals surface area contributed by atoms with E-state index < -0.39 is 0 Å². The molecule has 0 aromatic heterocycles. The van der Waals surface area contributed by atoms with Gasteiger partial charge in [-0.3, -0.25) is 0 Å². The van der Waals surface area contributed by atoms with Crippen molar-refractivity contribution < 1.29 is 4.74 Å². The van der Waals surface area contributed by atoms with E-state index >= 15 is 0 Å². The summed E-state index contributed by atoms with van der Waals surface area (Å²) >= 11 is 12.1. The standard InChI is InChI=1S/C13H7Cl2NO/c14-8-5-6-11-9(7-8)13(15)16-10-3-1-2-4-12(10)17-11/h1-7H. The van der Waals surface area contributed by atoms with E-state index in [1.165, 1.54) is 0 Å². The van der Waals surface area contributed by atoms with Crippen molar-refractivity contribution in [2.24, 2.45) is 4.99 Å². The average Bonchev–Trinajstić information content (AvgIpc) is 2.46. The van der Waals surface area contributed by atoms with Crippen LogP contribution in [-0.4, -0.2) is 5.17 Å². The fourth-order valence-electron chi connectivity index (χ4n) is 1.67. The highest BCUT2D eigenvalue weighted by atomic mass is 35.5. The predicted molar refractivity (Wildman–Crippen MR) is 70.0 cm³/mol. The van der Waals surface area contributed by atoms with Crippen molar-refractivity contribution >= 4 is 34.1 Å². The summed E-state index contributed by atoms with van der Waals surface area (Å²) in [7, 11) is 0. The summed E-state index contributed by atoms with van der Waals surface area (Å²) in [6.07, 6.45) is 0. The second kappa shape index (κ2) is 4.06. The Hall–Kier alpha value is -1.51. The molecule has 1 aliphatic heterocycles. The third-order valence-electron chi connectivity index (χ3n) is 2.47. The van der Waals surface area contributed by atoms with Gasteiger partial charge >= 0.3 is 0 Å². The minimum absolute atomic E-state index is 0.382. The van der Waals surface area contributed by atoms with E-state index in [1.54, 1.807) is 18.2 Å². The zero-order chi connectivity index (χ0) is 11.8. The first-order valence-corrected chi connectivity index (χ1v) is 5.80. The van der Waals surface area contributed by atoms with Gasteiger partial charge in [0, 0.05) is 5.02 Å². The van der Waals surface area contributed by atoms with Crippen LogP contribution >= 0.6 is 23.2 Å². The van der Waals surface area contributed by atoms with Crippen LogP contribution in [0.15, 0.2) is 47.5 Å². The molecule has 0 amide bonds. The lowest BCUT2D eigenvalue weighted by Crippen LogP contribution is -1.92. The van der Waals surface area contributed by atoms with Gasteiger partial charge in [-0.15, -0.1) is 0 Å². The fraction of sp³-hybridized carbons (Fsp3) is 0. The zero-order valence-corrected chi connectivity index (χ0v) is 10.2. The Morgan fingerprint density at radius 3 is 2.65 bits per heavy atom. The monoisotopic (exact) mass is 263 g/mol. The lowest BCUT2D eigenvalue weighted by Gasteiger charge is -2.07. The van der Waals surface area contributed by atoms with Gasteiger partial charge in [0.25, 0.3) is 0 Å². The van der Waals surface area contributed by atoms with Crippen LogP contribution in [-0.2, 0) is 0 Å². The van der Waals surface area contributed by atoms with E-state index in [-0.39, 0.29) is 0 Å². The zero-order valence-electron chi connectivity index (χ0n) is 8.65. The lowest BCUT2D eigenvalue weighted by atomic mass is 10.2. The Balaban J connectivity index is 2.24. The number of nitrogens with zero attached hydrogens (tertiary/aromatic N) is 1. The van der Waals surface area contributed by atoms with Crippen molar-refractivity contribution in [2.45, 2.75) is 0 Å². The molecule has 4 heteroatoms. The Morgan fingerprint density at radius 1 is 0.941 bits per heavy atom. The molecule has 2 nitrogen and oxygen atoms in total. The third-order valence-corrected chi connectivity index (χ3v) is 2.99. The van der Waals surface area contributed by atoms with E-state index in [9.17, 15) is 0 Å². The Morgan fingerprint density at radius 2 is 1.76 bits per heavy atom. The number of rotatable bonds is 0. The van der Waals surface area contributed by atoms with Gasteiger partial charge < -0.3 is 4.74 Å². The van der Waals surface area contributed by atoms with Crippen molar-refractivity contribution in [1.29, 1.82) is 0 Å². The smallest absolute Gasteiger partial charge is 0.153 e. The maximum Gasteiger partial charge on any atom is 0.153 e. The molecule has 0 aliphatic carbocycles. The molecule has 1 aliphatic rings. The summed E-state index contributed by atoms with van der Waals surface area (Å²) in [6.45, 7) is 0. The maximum absolute atomic E-state index is 6.16. The number of aliphatic imine (C=N–C) groups is 1. The van der Waals surface area contributed by atoms with Gasteiger partial charge in [0.1, 0.15) is 16.6 Å². The molecule has 2 aromatic carbocycles. The normalized spacial score (nSPS) is 12.9. The Bertz CT molecular complexity index is 623. The van der Waals surface area contributed by atoms with Gasteiger partial charge in [-0.05, 0) is 30.3 Å². The van der Waals surface area contributed by atoms with Crippen LogP contribution < -0.4 is 4.74 Å². The minimum atomic E-state index is 0.382. The van der Waals surface area contributed by atoms with Crippen molar-refractivity contribution in [3.8, 4) is 11.5 Å². The Labute approximate surface area is 108 Å². The molecule has 17 heavy (non-hydrogen) atoms. The number of ether oxygens (including phenoxy) is 1. The number of hydrogen-bond acceptors (Lipinski definition) is 2. The van der Waals surface area contributed by atoms with Crippen molar-refractivity contribution in [2.75, 3.05) is 0 Å². The second-order valence-corrected chi connectivity index (χ2v) is 4.41. The molecule has 0 bridgehead atoms. The quantitative estimate of drug-likeness (QED) is 0.672. The Kier molecular flexibility index (Phi) is 2.54. The average molecular weight is 264 g/mol. The van der Waals surface area contributed by atoms with E-state index in [0.29, 0.717) is 32.9 Å². The second-order valence-electron chi connectivity index (χ2n) is 3.61. The molecule has 0 atom stereocenters. The van der Waals surface area contributed by atoms with Crippen molar-refractivity contribution in [3.63, 3.8) is 0 Å². The molecule has 0 unspecified atom stereocenters. The molecule has 0 saturated carbocycles. The number of fused-ring (bicyclic) bond motifs is 2. The summed E-state index contributed by atoms with van der Waals surface area (Å²) in [6, 6.07) is 12.8. The molecule has 0 radical (unpaired) electrons. The predicted octanol–water partition coefficient (Wildman–Crippen LogP) is 4.76. The molecule has 0 N–H and O–H groups in total. The highest BCUT2D eigenvalue weighted by molar-refractivity contribution is 6.70. The third kappa shape index (κ3) is 1.90. The van der Waals surface area contributed by atoms with Crippen LogP contribution in [0, 0.1) is 0 Å². The summed E-state index contributed by atoms with van der Waals surface area (Å²) in [5, 5.41) is 0.985.